The van der Waals surface area contributed by atoms with Crippen LogP contribution in [0.4, 0.5) is 0 Å². The standard InChI is InChI=1S/C16H17N3O2/c20-14-7-8-19-13-4-2-1-3-12(13)18-16(19)11(14)9-15(21)17-10-5-6-10/h1-4,10,20H,5-9H2,(H,17,21). The van der Waals surface area contributed by atoms with Gasteiger partial charge in [-0.25, -0.2) is 4.98 Å². The van der Waals surface area contributed by atoms with Crippen LogP contribution < -0.4 is 5.32 Å². The van der Waals surface area contributed by atoms with E-state index in [9.17, 15) is 9.90 Å². The largest absolute Gasteiger partial charge is 0.512 e. The number of hydrogen-bond donors (Lipinski definition) is 2. The summed E-state index contributed by atoms with van der Waals surface area (Å²) in [6.07, 6.45) is 2.88. The van der Waals surface area contributed by atoms with Crippen molar-refractivity contribution in [3.8, 4) is 0 Å². The highest BCUT2D eigenvalue weighted by Gasteiger charge is 2.27. The number of aromatic nitrogens is 2. The monoisotopic (exact) mass is 283 g/mol. The molecule has 0 unspecified atom stereocenters. The average molecular weight is 283 g/mol. The Kier molecular flexibility index (Phi) is 2.74. The van der Waals surface area contributed by atoms with Crippen LogP contribution in [0.25, 0.3) is 16.6 Å². The zero-order valence-corrected chi connectivity index (χ0v) is 11.7. The summed E-state index contributed by atoms with van der Waals surface area (Å²) in [4.78, 5) is 16.6. The molecule has 2 aliphatic rings. The molecule has 0 radical (unpaired) electrons. The van der Waals surface area contributed by atoms with Crippen molar-refractivity contribution >= 4 is 22.5 Å². The lowest BCUT2D eigenvalue weighted by molar-refractivity contribution is -0.120. The van der Waals surface area contributed by atoms with Crippen LogP contribution in [0, 0.1) is 0 Å². The van der Waals surface area contributed by atoms with Gasteiger partial charge in [-0.2, -0.15) is 0 Å². The molecule has 2 aromatic rings. The van der Waals surface area contributed by atoms with Crippen molar-refractivity contribution in [2.24, 2.45) is 0 Å². The predicted molar refractivity (Wildman–Crippen MR) is 79.7 cm³/mol. The zero-order valence-electron chi connectivity index (χ0n) is 11.7. The fraction of sp³-hybridized carbons (Fsp3) is 0.375. The Morgan fingerprint density at radius 2 is 2.19 bits per heavy atom. The summed E-state index contributed by atoms with van der Waals surface area (Å²) >= 11 is 0. The van der Waals surface area contributed by atoms with Gasteiger partial charge in [0, 0.05) is 24.6 Å². The van der Waals surface area contributed by atoms with E-state index in [4.69, 9.17) is 0 Å². The SMILES string of the molecule is O=C(CC1=C(O)CCn2c1nc1ccccc12)NC1CC1. The highest BCUT2D eigenvalue weighted by molar-refractivity contribution is 5.90. The molecule has 0 atom stereocenters. The van der Waals surface area contributed by atoms with Crippen LogP contribution in [0.5, 0.6) is 0 Å². The van der Waals surface area contributed by atoms with E-state index in [1.165, 1.54) is 0 Å². The molecule has 1 aromatic heterocycles. The van der Waals surface area contributed by atoms with Gasteiger partial charge in [0.1, 0.15) is 11.6 Å². The van der Waals surface area contributed by atoms with E-state index in [0.29, 0.717) is 30.3 Å². The van der Waals surface area contributed by atoms with Crippen molar-refractivity contribution in [1.29, 1.82) is 0 Å². The van der Waals surface area contributed by atoms with Gasteiger partial charge in [0.25, 0.3) is 0 Å². The Morgan fingerprint density at radius 1 is 1.38 bits per heavy atom. The molecule has 5 heteroatoms. The molecule has 1 saturated carbocycles. The maximum Gasteiger partial charge on any atom is 0.224 e. The van der Waals surface area contributed by atoms with Crippen molar-refractivity contribution in [3.63, 3.8) is 0 Å². The molecule has 2 N–H and O–H groups in total. The number of allylic oxidation sites excluding steroid dienone is 1. The average Bonchev–Trinajstić information content (AvgIpc) is 3.20. The fourth-order valence-corrected chi connectivity index (χ4v) is 2.88. The lowest BCUT2D eigenvalue weighted by atomic mass is 10.0. The number of fused-ring (bicyclic) bond motifs is 3. The second kappa shape index (κ2) is 4.62. The molecule has 1 aliphatic heterocycles. The first kappa shape index (κ1) is 12.4. The number of carbonyl (C=O) groups is 1. The Labute approximate surface area is 122 Å². The number of para-hydroxylation sites is 2. The first-order chi connectivity index (χ1) is 10.2. The van der Waals surface area contributed by atoms with Gasteiger partial charge in [0.2, 0.25) is 5.91 Å². The number of aliphatic hydroxyl groups is 1. The molecule has 2 heterocycles. The van der Waals surface area contributed by atoms with Gasteiger partial charge >= 0.3 is 0 Å². The number of nitrogens with zero attached hydrogens (tertiary/aromatic N) is 2. The highest BCUT2D eigenvalue weighted by Crippen LogP contribution is 2.31. The van der Waals surface area contributed by atoms with Crippen LogP contribution in [0.2, 0.25) is 0 Å². The number of rotatable bonds is 3. The van der Waals surface area contributed by atoms with E-state index in [1.807, 2.05) is 24.3 Å². The van der Waals surface area contributed by atoms with Crippen molar-refractivity contribution in [3.05, 3.63) is 35.8 Å². The fourth-order valence-electron chi connectivity index (χ4n) is 2.88. The smallest absolute Gasteiger partial charge is 0.224 e. The van der Waals surface area contributed by atoms with Crippen LogP contribution >= 0.6 is 0 Å². The van der Waals surface area contributed by atoms with E-state index < -0.39 is 0 Å². The Hall–Kier alpha value is -2.30. The Bertz CT molecular complexity index is 756. The Balaban J connectivity index is 1.71. The van der Waals surface area contributed by atoms with Crippen LogP contribution in [-0.2, 0) is 11.3 Å². The summed E-state index contributed by atoms with van der Waals surface area (Å²) in [6.45, 7) is 0.704. The van der Waals surface area contributed by atoms with Crippen molar-refractivity contribution in [2.45, 2.75) is 38.3 Å². The summed E-state index contributed by atoms with van der Waals surface area (Å²) in [5, 5.41) is 13.2. The van der Waals surface area contributed by atoms with Crippen LogP contribution in [0.3, 0.4) is 0 Å². The normalized spacial score (nSPS) is 17.9. The number of benzene rings is 1. The van der Waals surface area contributed by atoms with Crippen LogP contribution in [0.1, 0.15) is 31.5 Å². The van der Waals surface area contributed by atoms with Gasteiger partial charge in [-0.05, 0) is 25.0 Å². The second-order valence-corrected chi connectivity index (χ2v) is 5.77. The van der Waals surface area contributed by atoms with E-state index in [1.54, 1.807) is 0 Å². The molecule has 1 fully saturated rings. The third kappa shape index (κ3) is 2.18. The summed E-state index contributed by atoms with van der Waals surface area (Å²) in [7, 11) is 0. The lowest BCUT2D eigenvalue weighted by Gasteiger charge is -2.18. The number of nitrogens with one attached hydrogen (secondary N) is 1. The third-order valence-electron chi connectivity index (χ3n) is 4.12. The number of hydrogen-bond acceptors (Lipinski definition) is 3. The van der Waals surface area contributed by atoms with E-state index in [2.05, 4.69) is 14.9 Å². The predicted octanol–water partition coefficient (Wildman–Crippen LogP) is 2.38. The summed E-state index contributed by atoms with van der Waals surface area (Å²) in [5.41, 5.74) is 2.62. The number of carbonyl (C=O) groups excluding carboxylic acids is 1. The topological polar surface area (TPSA) is 67.1 Å². The first-order valence-electron chi connectivity index (χ1n) is 7.38. The van der Waals surface area contributed by atoms with Crippen molar-refractivity contribution in [1.82, 2.24) is 14.9 Å². The number of amides is 1. The molecule has 1 aromatic carbocycles. The summed E-state index contributed by atoms with van der Waals surface area (Å²) in [6, 6.07) is 8.25. The lowest BCUT2D eigenvalue weighted by Crippen LogP contribution is -2.26. The molecule has 108 valence electrons. The van der Waals surface area contributed by atoms with E-state index in [0.717, 1.165) is 29.7 Å². The van der Waals surface area contributed by atoms with Gasteiger partial charge in [0.05, 0.1) is 17.5 Å². The highest BCUT2D eigenvalue weighted by atomic mass is 16.3. The maximum absolute atomic E-state index is 12.0. The van der Waals surface area contributed by atoms with Gasteiger partial charge in [0.15, 0.2) is 0 Å². The maximum atomic E-state index is 12.0. The Morgan fingerprint density at radius 3 is 3.00 bits per heavy atom. The molecular weight excluding hydrogens is 266 g/mol. The quantitative estimate of drug-likeness (QED) is 0.908. The molecule has 1 aliphatic carbocycles. The van der Waals surface area contributed by atoms with Crippen molar-refractivity contribution in [2.75, 3.05) is 0 Å². The van der Waals surface area contributed by atoms with Gasteiger partial charge < -0.3 is 15.0 Å². The first-order valence-corrected chi connectivity index (χ1v) is 7.38. The molecule has 5 nitrogen and oxygen atoms in total. The van der Waals surface area contributed by atoms with Crippen molar-refractivity contribution < 1.29 is 9.90 Å². The second-order valence-electron chi connectivity index (χ2n) is 5.77. The molecule has 0 spiro atoms. The molecule has 0 bridgehead atoms. The van der Waals surface area contributed by atoms with Gasteiger partial charge in [-0.3, -0.25) is 4.79 Å². The van der Waals surface area contributed by atoms with E-state index >= 15 is 0 Å². The van der Waals surface area contributed by atoms with Gasteiger partial charge in [-0.1, -0.05) is 12.1 Å². The summed E-state index contributed by atoms with van der Waals surface area (Å²) < 4.78 is 2.09. The number of aliphatic hydroxyl groups excluding tert-OH is 1. The minimum atomic E-state index is -0.0282. The molecule has 1 amide bonds. The van der Waals surface area contributed by atoms with E-state index in [-0.39, 0.29) is 12.3 Å². The van der Waals surface area contributed by atoms with Crippen LogP contribution in [-0.4, -0.2) is 26.6 Å². The minimum Gasteiger partial charge on any atom is -0.512 e. The van der Waals surface area contributed by atoms with Gasteiger partial charge in [-0.15, -0.1) is 0 Å². The third-order valence-corrected chi connectivity index (χ3v) is 4.12. The minimum absolute atomic E-state index is 0.0282. The number of imidazole rings is 1. The molecular formula is C16H17N3O2. The molecule has 21 heavy (non-hydrogen) atoms. The zero-order chi connectivity index (χ0) is 14.4. The molecule has 4 rings (SSSR count). The van der Waals surface area contributed by atoms with Crippen LogP contribution in [0.15, 0.2) is 30.0 Å². The molecule has 0 saturated heterocycles. The number of aryl methyl sites for hydroxylation is 1. The summed E-state index contributed by atoms with van der Waals surface area (Å²) in [5.74, 6) is 0.995.